The maximum Gasteiger partial charge on any atom is 0.389 e. The third kappa shape index (κ3) is 2.90. The Morgan fingerprint density at radius 2 is 2.14 bits per heavy atom. The molecule has 0 saturated carbocycles. The van der Waals surface area contributed by atoms with Crippen molar-refractivity contribution in [2.45, 2.75) is 25.9 Å². The molecule has 0 aliphatic carbocycles. The predicted octanol–water partition coefficient (Wildman–Crippen LogP) is 3.11. The highest BCUT2D eigenvalue weighted by Gasteiger charge is 2.28. The van der Waals surface area contributed by atoms with E-state index in [0.717, 1.165) is 0 Å². The minimum absolute atomic E-state index is 0.0225. The highest BCUT2D eigenvalue weighted by Crippen LogP contribution is 2.23. The lowest BCUT2D eigenvalue weighted by atomic mass is 10.1. The van der Waals surface area contributed by atoms with Crippen molar-refractivity contribution in [1.29, 1.82) is 0 Å². The Morgan fingerprint density at radius 1 is 1.50 bits per heavy atom. The minimum Gasteiger partial charge on any atom is -0.461 e. The Bertz CT molecular complexity index is 325. The number of halogens is 3. The summed E-state index contributed by atoms with van der Waals surface area (Å²) in [6.45, 7) is 1.62. The molecule has 0 unspecified atom stereocenters. The van der Waals surface area contributed by atoms with E-state index in [0.29, 0.717) is 5.56 Å². The van der Waals surface area contributed by atoms with Gasteiger partial charge in [0.25, 0.3) is 0 Å². The van der Waals surface area contributed by atoms with Crippen LogP contribution in [0.1, 0.15) is 29.0 Å². The second kappa shape index (κ2) is 3.86. The van der Waals surface area contributed by atoms with E-state index < -0.39 is 24.8 Å². The van der Waals surface area contributed by atoms with Crippen molar-refractivity contribution < 1.29 is 22.4 Å². The van der Waals surface area contributed by atoms with Crippen molar-refractivity contribution in [2.75, 3.05) is 0 Å². The molecule has 0 atom stereocenters. The molecular weight excluding hydrogens is 197 g/mol. The number of hydrogen-bond acceptors (Lipinski definition) is 2. The minimum atomic E-state index is -4.30. The van der Waals surface area contributed by atoms with Crippen LogP contribution in [0.25, 0.3) is 0 Å². The standard InChI is InChI=1S/C9H9F3O2/c1-6-3-5-14-8(6)7(13)2-4-9(10,11)12/h3,5H,2,4H2,1H3. The predicted molar refractivity (Wildman–Crippen MR) is 43.1 cm³/mol. The van der Waals surface area contributed by atoms with Gasteiger partial charge in [-0.1, -0.05) is 0 Å². The van der Waals surface area contributed by atoms with Crippen molar-refractivity contribution in [1.82, 2.24) is 0 Å². The number of aryl methyl sites for hydroxylation is 1. The fourth-order valence-corrected chi connectivity index (χ4v) is 1.03. The van der Waals surface area contributed by atoms with Crippen molar-refractivity contribution in [2.24, 2.45) is 0 Å². The van der Waals surface area contributed by atoms with Gasteiger partial charge in [0.1, 0.15) is 0 Å². The Hall–Kier alpha value is -1.26. The van der Waals surface area contributed by atoms with Crippen LogP contribution in [0.4, 0.5) is 13.2 Å². The molecule has 0 saturated heterocycles. The van der Waals surface area contributed by atoms with Gasteiger partial charge in [-0.25, -0.2) is 0 Å². The van der Waals surface area contributed by atoms with E-state index >= 15 is 0 Å². The molecule has 1 aromatic rings. The topological polar surface area (TPSA) is 30.2 Å². The molecule has 1 heterocycles. The summed E-state index contributed by atoms with van der Waals surface area (Å²) >= 11 is 0. The number of Topliss-reactive ketones (excluding diaryl/α,β-unsaturated/α-hetero) is 1. The molecule has 0 aromatic carbocycles. The molecule has 0 radical (unpaired) electrons. The summed E-state index contributed by atoms with van der Waals surface area (Å²) in [5, 5.41) is 0. The largest absolute Gasteiger partial charge is 0.461 e. The molecule has 2 nitrogen and oxygen atoms in total. The molecule has 5 heteroatoms. The molecule has 0 amide bonds. The number of carbonyl (C=O) groups excluding carboxylic acids is 1. The lowest BCUT2D eigenvalue weighted by Gasteiger charge is -2.03. The fraction of sp³-hybridized carbons (Fsp3) is 0.444. The van der Waals surface area contributed by atoms with Crippen LogP contribution in [0.3, 0.4) is 0 Å². The second-order valence-corrected chi connectivity index (χ2v) is 2.97. The van der Waals surface area contributed by atoms with Crippen LogP contribution in [0, 0.1) is 6.92 Å². The summed E-state index contributed by atoms with van der Waals surface area (Å²) in [6.07, 6.45) is -4.67. The molecule has 78 valence electrons. The van der Waals surface area contributed by atoms with Crippen LogP contribution < -0.4 is 0 Å². The zero-order chi connectivity index (χ0) is 10.8. The van der Waals surface area contributed by atoms with E-state index in [9.17, 15) is 18.0 Å². The summed E-state index contributed by atoms with van der Waals surface area (Å²) in [6, 6.07) is 1.54. The van der Waals surface area contributed by atoms with Crippen molar-refractivity contribution >= 4 is 5.78 Å². The summed E-state index contributed by atoms with van der Waals surface area (Å²) in [4.78, 5) is 11.2. The molecule has 0 aliphatic heterocycles. The van der Waals surface area contributed by atoms with E-state index in [1.807, 2.05) is 0 Å². The highest BCUT2D eigenvalue weighted by atomic mass is 19.4. The summed E-state index contributed by atoms with van der Waals surface area (Å²) in [5.74, 6) is -0.584. The molecule has 1 aromatic heterocycles. The van der Waals surface area contributed by atoms with E-state index in [2.05, 4.69) is 0 Å². The van der Waals surface area contributed by atoms with Gasteiger partial charge in [0, 0.05) is 6.42 Å². The third-order valence-corrected chi connectivity index (χ3v) is 1.75. The smallest absolute Gasteiger partial charge is 0.389 e. The molecular formula is C9H9F3O2. The molecule has 0 N–H and O–H groups in total. The van der Waals surface area contributed by atoms with Crippen molar-refractivity contribution in [3.63, 3.8) is 0 Å². The van der Waals surface area contributed by atoms with Crippen LogP contribution in [-0.4, -0.2) is 12.0 Å². The van der Waals surface area contributed by atoms with E-state index in [1.165, 1.54) is 6.26 Å². The monoisotopic (exact) mass is 206 g/mol. The summed E-state index contributed by atoms with van der Waals surface area (Å²) < 4.78 is 40.1. The lowest BCUT2D eigenvalue weighted by Crippen LogP contribution is -2.11. The van der Waals surface area contributed by atoms with Gasteiger partial charge in [-0.05, 0) is 18.6 Å². The third-order valence-electron chi connectivity index (χ3n) is 1.75. The van der Waals surface area contributed by atoms with Gasteiger partial charge in [0.05, 0.1) is 12.7 Å². The zero-order valence-electron chi connectivity index (χ0n) is 7.52. The maximum absolute atomic E-state index is 11.8. The normalized spacial score (nSPS) is 11.7. The Labute approximate surface area is 78.7 Å². The van der Waals surface area contributed by atoms with Crippen LogP contribution in [0.15, 0.2) is 16.7 Å². The molecule has 0 spiro atoms. The number of alkyl halides is 3. The first kappa shape index (κ1) is 10.8. The maximum atomic E-state index is 11.8. The van der Waals surface area contributed by atoms with E-state index in [1.54, 1.807) is 13.0 Å². The van der Waals surface area contributed by atoms with Crippen LogP contribution in [-0.2, 0) is 0 Å². The lowest BCUT2D eigenvalue weighted by molar-refractivity contribution is -0.133. The number of hydrogen-bond donors (Lipinski definition) is 0. The first-order valence-corrected chi connectivity index (χ1v) is 4.04. The number of rotatable bonds is 3. The van der Waals surface area contributed by atoms with Gasteiger partial charge in [-0.15, -0.1) is 0 Å². The van der Waals surface area contributed by atoms with E-state index in [-0.39, 0.29) is 5.76 Å². The molecule has 1 rings (SSSR count). The van der Waals surface area contributed by atoms with Gasteiger partial charge in [0.2, 0.25) is 0 Å². The number of ketones is 1. The average molecular weight is 206 g/mol. The average Bonchev–Trinajstić information content (AvgIpc) is 2.46. The van der Waals surface area contributed by atoms with E-state index in [4.69, 9.17) is 4.42 Å². The van der Waals surface area contributed by atoms with Crippen molar-refractivity contribution in [3.05, 3.63) is 23.7 Å². The first-order valence-electron chi connectivity index (χ1n) is 4.04. The second-order valence-electron chi connectivity index (χ2n) is 2.97. The molecule has 0 fully saturated rings. The summed E-state index contributed by atoms with van der Waals surface area (Å²) in [5.41, 5.74) is 0.567. The number of carbonyl (C=O) groups is 1. The van der Waals surface area contributed by atoms with Gasteiger partial charge in [0.15, 0.2) is 11.5 Å². The van der Waals surface area contributed by atoms with Gasteiger partial charge in [-0.2, -0.15) is 13.2 Å². The Kier molecular flexibility index (Phi) is 2.98. The Morgan fingerprint density at radius 3 is 2.57 bits per heavy atom. The molecule has 14 heavy (non-hydrogen) atoms. The SMILES string of the molecule is Cc1ccoc1C(=O)CCC(F)(F)F. The van der Waals surface area contributed by atoms with Crippen molar-refractivity contribution in [3.8, 4) is 0 Å². The summed E-state index contributed by atoms with van der Waals surface area (Å²) in [7, 11) is 0. The number of furan rings is 1. The van der Waals surface area contributed by atoms with Gasteiger partial charge < -0.3 is 4.42 Å². The highest BCUT2D eigenvalue weighted by molar-refractivity contribution is 5.94. The molecule has 0 bridgehead atoms. The first-order chi connectivity index (χ1) is 6.40. The van der Waals surface area contributed by atoms with Gasteiger partial charge >= 0.3 is 6.18 Å². The van der Waals surface area contributed by atoms with Crippen LogP contribution >= 0.6 is 0 Å². The van der Waals surface area contributed by atoms with Crippen LogP contribution in [0.2, 0.25) is 0 Å². The fourth-order valence-electron chi connectivity index (χ4n) is 1.03. The zero-order valence-corrected chi connectivity index (χ0v) is 7.52. The molecule has 0 aliphatic rings. The van der Waals surface area contributed by atoms with Gasteiger partial charge in [-0.3, -0.25) is 4.79 Å². The van der Waals surface area contributed by atoms with Crippen LogP contribution in [0.5, 0.6) is 0 Å². The Balaban J connectivity index is 2.56. The quantitative estimate of drug-likeness (QED) is 0.711.